The quantitative estimate of drug-likeness (QED) is 0.585. The fourth-order valence-electron chi connectivity index (χ4n) is 2.56. The van der Waals surface area contributed by atoms with Gasteiger partial charge in [-0.2, -0.15) is 0 Å². The molecular formula is C21H23NO4. The van der Waals surface area contributed by atoms with Gasteiger partial charge in [-0.25, -0.2) is 4.79 Å². The van der Waals surface area contributed by atoms with Crippen molar-refractivity contribution in [2.75, 3.05) is 7.11 Å². The molecule has 5 heteroatoms. The van der Waals surface area contributed by atoms with Crippen molar-refractivity contribution in [3.05, 3.63) is 71.3 Å². The summed E-state index contributed by atoms with van der Waals surface area (Å²) in [6.45, 7) is 1.95. The average Bonchev–Trinajstić information content (AvgIpc) is 2.66. The first-order chi connectivity index (χ1) is 12.5. The summed E-state index contributed by atoms with van der Waals surface area (Å²) in [6.07, 6.45) is 0.453. The number of ketones is 1. The lowest BCUT2D eigenvalue weighted by Gasteiger charge is -2.16. The van der Waals surface area contributed by atoms with Crippen LogP contribution < -0.4 is 5.32 Å². The maximum atomic E-state index is 12.2. The van der Waals surface area contributed by atoms with Gasteiger partial charge in [0.25, 0.3) is 0 Å². The van der Waals surface area contributed by atoms with Crippen molar-refractivity contribution in [1.29, 1.82) is 0 Å². The number of esters is 1. The largest absolute Gasteiger partial charge is 0.467 e. The number of Topliss-reactive ketones (excluding diaryl/α,β-unsaturated/α-hetero) is 1. The van der Waals surface area contributed by atoms with Crippen LogP contribution in [-0.2, 0) is 20.7 Å². The summed E-state index contributed by atoms with van der Waals surface area (Å²) >= 11 is 0. The third-order valence-corrected chi connectivity index (χ3v) is 4.06. The smallest absolute Gasteiger partial charge is 0.328 e. The van der Waals surface area contributed by atoms with E-state index in [0.29, 0.717) is 12.0 Å². The number of carbonyl (C=O) groups excluding carboxylic acids is 3. The van der Waals surface area contributed by atoms with Gasteiger partial charge in [0.2, 0.25) is 5.91 Å². The molecule has 0 radical (unpaired) electrons. The summed E-state index contributed by atoms with van der Waals surface area (Å²) < 4.78 is 4.77. The van der Waals surface area contributed by atoms with E-state index in [1.165, 1.54) is 7.11 Å². The minimum atomic E-state index is -0.774. The SMILES string of the molecule is COC(=O)C(Cc1ccccc1)NC(=O)CCC(=O)c1ccc(C)cc1. The van der Waals surface area contributed by atoms with Crippen molar-refractivity contribution in [1.82, 2.24) is 5.32 Å². The molecule has 0 aliphatic rings. The van der Waals surface area contributed by atoms with Crippen LogP contribution in [0.2, 0.25) is 0 Å². The Morgan fingerprint density at radius 1 is 0.962 bits per heavy atom. The molecule has 0 saturated heterocycles. The van der Waals surface area contributed by atoms with Gasteiger partial charge >= 0.3 is 5.97 Å². The Bertz CT molecular complexity index is 753. The maximum Gasteiger partial charge on any atom is 0.328 e. The molecule has 1 atom stereocenters. The molecule has 2 rings (SSSR count). The zero-order chi connectivity index (χ0) is 18.9. The van der Waals surface area contributed by atoms with Crippen molar-refractivity contribution in [2.45, 2.75) is 32.2 Å². The van der Waals surface area contributed by atoms with Crippen LogP contribution in [0.4, 0.5) is 0 Å². The van der Waals surface area contributed by atoms with E-state index < -0.39 is 12.0 Å². The molecule has 5 nitrogen and oxygen atoms in total. The number of rotatable bonds is 8. The third kappa shape index (κ3) is 5.84. The summed E-state index contributed by atoms with van der Waals surface area (Å²) in [7, 11) is 1.29. The normalized spacial score (nSPS) is 11.5. The number of ether oxygens (including phenoxy) is 1. The summed E-state index contributed by atoms with van der Waals surface area (Å²) in [4.78, 5) is 36.3. The molecule has 0 heterocycles. The average molecular weight is 353 g/mol. The number of hydrogen-bond acceptors (Lipinski definition) is 4. The Kier molecular flexibility index (Phi) is 7.09. The van der Waals surface area contributed by atoms with Gasteiger partial charge in [0.15, 0.2) is 5.78 Å². The lowest BCUT2D eigenvalue weighted by molar-refractivity contribution is -0.145. The van der Waals surface area contributed by atoms with Crippen molar-refractivity contribution < 1.29 is 19.1 Å². The number of benzene rings is 2. The molecule has 1 unspecified atom stereocenters. The topological polar surface area (TPSA) is 72.5 Å². The highest BCUT2D eigenvalue weighted by Gasteiger charge is 2.22. The summed E-state index contributed by atoms with van der Waals surface area (Å²) in [5, 5.41) is 2.67. The molecule has 0 aliphatic heterocycles. The molecule has 2 aromatic rings. The van der Waals surface area contributed by atoms with E-state index in [-0.39, 0.29) is 24.5 Å². The Morgan fingerprint density at radius 2 is 1.62 bits per heavy atom. The molecule has 0 bridgehead atoms. The molecule has 0 aliphatic carbocycles. The number of hydrogen-bond donors (Lipinski definition) is 1. The Morgan fingerprint density at radius 3 is 2.23 bits per heavy atom. The lowest BCUT2D eigenvalue weighted by atomic mass is 10.0. The van der Waals surface area contributed by atoms with Crippen LogP contribution >= 0.6 is 0 Å². The number of methoxy groups -OCH3 is 1. The molecule has 136 valence electrons. The second kappa shape index (κ2) is 9.51. The van der Waals surface area contributed by atoms with Gasteiger partial charge in [0.05, 0.1) is 7.11 Å². The number of nitrogens with one attached hydrogen (secondary N) is 1. The van der Waals surface area contributed by atoms with E-state index in [1.54, 1.807) is 12.1 Å². The molecule has 0 spiro atoms. The minimum Gasteiger partial charge on any atom is -0.467 e. The van der Waals surface area contributed by atoms with E-state index in [4.69, 9.17) is 4.74 Å². The minimum absolute atomic E-state index is 0.0228. The number of aryl methyl sites for hydroxylation is 1. The fraction of sp³-hybridized carbons (Fsp3) is 0.286. The van der Waals surface area contributed by atoms with Gasteiger partial charge in [0, 0.05) is 24.8 Å². The van der Waals surface area contributed by atoms with Crippen LogP contribution in [0, 0.1) is 6.92 Å². The molecule has 2 aromatic carbocycles. The Hall–Kier alpha value is -2.95. The first-order valence-corrected chi connectivity index (χ1v) is 8.50. The van der Waals surface area contributed by atoms with Gasteiger partial charge in [-0.15, -0.1) is 0 Å². The molecule has 0 aromatic heterocycles. The maximum absolute atomic E-state index is 12.2. The van der Waals surface area contributed by atoms with Gasteiger partial charge in [0.1, 0.15) is 6.04 Å². The standard InChI is InChI=1S/C21H23NO4/c1-15-8-10-17(11-9-15)19(23)12-13-20(24)22-18(21(25)26-2)14-16-6-4-3-5-7-16/h3-11,18H,12-14H2,1-2H3,(H,22,24). The van der Waals surface area contributed by atoms with E-state index in [9.17, 15) is 14.4 Å². The second-order valence-corrected chi connectivity index (χ2v) is 6.12. The van der Waals surface area contributed by atoms with Gasteiger partial charge in [-0.3, -0.25) is 9.59 Å². The first kappa shape index (κ1) is 19.4. The van der Waals surface area contributed by atoms with Crippen LogP contribution in [-0.4, -0.2) is 30.8 Å². The van der Waals surface area contributed by atoms with Crippen LogP contribution in [0.5, 0.6) is 0 Å². The van der Waals surface area contributed by atoms with Crippen LogP contribution in [0.15, 0.2) is 54.6 Å². The van der Waals surface area contributed by atoms with Crippen molar-refractivity contribution in [3.8, 4) is 0 Å². The predicted octanol–water partition coefficient (Wildman–Crippen LogP) is 2.86. The summed E-state index contributed by atoms with van der Waals surface area (Å²) in [5.41, 5.74) is 2.57. The van der Waals surface area contributed by atoms with E-state index in [2.05, 4.69) is 5.32 Å². The highest BCUT2D eigenvalue weighted by molar-refractivity contribution is 5.98. The molecule has 0 fully saturated rings. The number of carbonyl (C=O) groups is 3. The van der Waals surface area contributed by atoms with Gasteiger partial charge in [-0.05, 0) is 12.5 Å². The van der Waals surface area contributed by atoms with Crippen molar-refractivity contribution >= 4 is 17.7 Å². The van der Waals surface area contributed by atoms with E-state index in [1.807, 2.05) is 49.4 Å². The zero-order valence-electron chi connectivity index (χ0n) is 15.0. The monoisotopic (exact) mass is 353 g/mol. The summed E-state index contributed by atoms with van der Waals surface area (Å²) in [6, 6.07) is 15.8. The van der Waals surface area contributed by atoms with Crippen LogP contribution in [0.1, 0.15) is 34.3 Å². The predicted molar refractivity (Wildman–Crippen MR) is 98.8 cm³/mol. The van der Waals surface area contributed by atoms with Crippen LogP contribution in [0.25, 0.3) is 0 Å². The first-order valence-electron chi connectivity index (χ1n) is 8.50. The summed E-state index contributed by atoms with van der Waals surface area (Å²) in [5.74, 6) is -0.957. The molecule has 0 saturated carbocycles. The second-order valence-electron chi connectivity index (χ2n) is 6.12. The van der Waals surface area contributed by atoms with Gasteiger partial charge in [-0.1, -0.05) is 60.2 Å². The lowest BCUT2D eigenvalue weighted by Crippen LogP contribution is -2.43. The Balaban J connectivity index is 1.91. The molecule has 1 amide bonds. The Labute approximate surface area is 153 Å². The van der Waals surface area contributed by atoms with Crippen molar-refractivity contribution in [3.63, 3.8) is 0 Å². The highest BCUT2D eigenvalue weighted by atomic mass is 16.5. The number of amides is 1. The molecular weight excluding hydrogens is 330 g/mol. The highest BCUT2D eigenvalue weighted by Crippen LogP contribution is 2.09. The van der Waals surface area contributed by atoms with E-state index >= 15 is 0 Å². The molecule has 1 N–H and O–H groups in total. The van der Waals surface area contributed by atoms with Crippen molar-refractivity contribution in [2.24, 2.45) is 0 Å². The zero-order valence-corrected chi connectivity index (χ0v) is 15.0. The molecule has 26 heavy (non-hydrogen) atoms. The fourth-order valence-corrected chi connectivity index (χ4v) is 2.56. The van der Waals surface area contributed by atoms with E-state index in [0.717, 1.165) is 11.1 Å². The third-order valence-electron chi connectivity index (χ3n) is 4.06. The van der Waals surface area contributed by atoms with Crippen LogP contribution in [0.3, 0.4) is 0 Å². The van der Waals surface area contributed by atoms with Gasteiger partial charge < -0.3 is 10.1 Å².